The number of hydrogen-bond donors (Lipinski definition) is 2. The van der Waals surface area contributed by atoms with Crippen LogP contribution in [0.2, 0.25) is 0 Å². The second-order valence-electron chi connectivity index (χ2n) is 3.82. The molecule has 3 N–H and O–H groups in total. The quantitative estimate of drug-likeness (QED) is 0.743. The van der Waals surface area contributed by atoms with Crippen LogP contribution in [-0.4, -0.2) is 27.9 Å². The van der Waals surface area contributed by atoms with Gasteiger partial charge in [-0.3, -0.25) is 0 Å². The number of sulfonamides is 1. The monoisotopic (exact) mass is 258 g/mol. The van der Waals surface area contributed by atoms with E-state index in [1.807, 2.05) is 6.07 Å². The van der Waals surface area contributed by atoms with Gasteiger partial charge in [0.1, 0.15) is 0 Å². The van der Waals surface area contributed by atoms with Gasteiger partial charge >= 0.3 is 0 Å². The summed E-state index contributed by atoms with van der Waals surface area (Å²) in [4.78, 5) is 0. The summed E-state index contributed by atoms with van der Waals surface area (Å²) in [5.41, 5.74) is 7.10. The van der Waals surface area contributed by atoms with Crippen LogP contribution in [0.5, 0.6) is 0 Å². The van der Waals surface area contributed by atoms with Crippen molar-refractivity contribution in [3.63, 3.8) is 0 Å². The maximum absolute atomic E-state index is 11.6. The lowest BCUT2D eigenvalue weighted by Gasteiger charge is -2.14. The third-order valence-electron chi connectivity index (χ3n) is 2.32. The summed E-state index contributed by atoms with van der Waals surface area (Å²) < 4.78 is 30.6. The Balaban J connectivity index is 2.69. The lowest BCUT2D eigenvalue weighted by atomic mass is 10.1. The Hall–Kier alpha value is -1.11. The molecule has 1 aromatic rings. The highest BCUT2D eigenvalue weighted by atomic mass is 32.2. The molecule has 0 radical (unpaired) electrons. The van der Waals surface area contributed by atoms with Gasteiger partial charge in [-0.25, -0.2) is 13.1 Å². The number of nitrogens with one attached hydrogen (secondary N) is 1. The van der Waals surface area contributed by atoms with Crippen molar-refractivity contribution < 1.29 is 13.2 Å². The van der Waals surface area contributed by atoms with Crippen molar-refractivity contribution in [2.75, 3.05) is 25.2 Å². The number of methoxy groups -OCH3 is 1. The van der Waals surface area contributed by atoms with E-state index < -0.39 is 10.0 Å². The van der Waals surface area contributed by atoms with Crippen LogP contribution in [-0.2, 0) is 14.8 Å². The Morgan fingerprint density at radius 2 is 2.18 bits per heavy atom. The van der Waals surface area contributed by atoms with E-state index in [-0.39, 0.29) is 18.4 Å². The average Bonchev–Trinajstić information content (AvgIpc) is 2.26. The van der Waals surface area contributed by atoms with Gasteiger partial charge in [0.25, 0.3) is 0 Å². The molecule has 17 heavy (non-hydrogen) atoms. The number of nitrogen functional groups attached to an aromatic ring is 1. The smallest absolute Gasteiger partial charge is 0.214 e. The van der Waals surface area contributed by atoms with Gasteiger partial charge < -0.3 is 10.5 Å². The molecule has 1 atom stereocenters. The van der Waals surface area contributed by atoms with Crippen LogP contribution in [0.3, 0.4) is 0 Å². The van der Waals surface area contributed by atoms with Crippen molar-refractivity contribution in [3.05, 3.63) is 29.8 Å². The summed E-state index contributed by atoms with van der Waals surface area (Å²) in [6, 6.07) is 6.84. The predicted molar refractivity (Wildman–Crippen MR) is 68.1 cm³/mol. The molecule has 0 heterocycles. The molecule has 0 aromatic heterocycles. The first kappa shape index (κ1) is 14.0. The Labute approximate surface area is 102 Å². The van der Waals surface area contributed by atoms with Crippen LogP contribution in [0.1, 0.15) is 18.5 Å². The Bertz CT molecular complexity index is 460. The molecule has 6 heteroatoms. The van der Waals surface area contributed by atoms with Crippen molar-refractivity contribution in [1.29, 1.82) is 0 Å². The fraction of sp³-hybridized carbons (Fsp3) is 0.455. The summed E-state index contributed by atoms with van der Waals surface area (Å²) >= 11 is 0. The molecule has 0 bridgehead atoms. The van der Waals surface area contributed by atoms with E-state index in [0.717, 1.165) is 5.56 Å². The molecule has 0 aliphatic carbocycles. The van der Waals surface area contributed by atoms with Crippen LogP contribution in [0.15, 0.2) is 24.3 Å². The second kappa shape index (κ2) is 6.00. The molecule has 96 valence electrons. The van der Waals surface area contributed by atoms with Gasteiger partial charge in [0, 0.05) is 18.8 Å². The number of rotatable bonds is 6. The number of hydrogen-bond acceptors (Lipinski definition) is 4. The summed E-state index contributed by atoms with van der Waals surface area (Å²) in [5, 5.41) is 0. The first-order valence-electron chi connectivity index (χ1n) is 5.29. The lowest BCUT2D eigenvalue weighted by Crippen LogP contribution is -2.30. The lowest BCUT2D eigenvalue weighted by molar-refractivity contribution is 0.216. The van der Waals surface area contributed by atoms with Crippen LogP contribution >= 0.6 is 0 Å². The number of nitrogens with two attached hydrogens (primary N) is 1. The summed E-state index contributed by atoms with van der Waals surface area (Å²) in [6.45, 7) is 1.96. The van der Waals surface area contributed by atoms with Crippen LogP contribution in [0, 0.1) is 0 Å². The molecule has 0 spiro atoms. The molecule has 0 aliphatic rings. The van der Waals surface area contributed by atoms with E-state index in [1.165, 1.54) is 7.11 Å². The zero-order chi connectivity index (χ0) is 12.9. The standard InChI is InChI=1S/C11H18N2O3S/c1-9(10-4-3-5-11(12)8-10)13-17(14,15)7-6-16-2/h3-5,8-9,13H,6-7,12H2,1-2H3. The van der Waals surface area contributed by atoms with E-state index >= 15 is 0 Å². The van der Waals surface area contributed by atoms with Crippen molar-refractivity contribution in [3.8, 4) is 0 Å². The molecule has 1 rings (SSSR count). The maximum Gasteiger partial charge on any atom is 0.214 e. The predicted octanol–water partition coefficient (Wildman–Crippen LogP) is 0.896. The molecule has 0 saturated carbocycles. The summed E-state index contributed by atoms with van der Waals surface area (Å²) in [6.07, 6.45) is 0. The molecule has 0 fully saturated rings. The van der Waals surface area contributed by atoms with Crippen LogP contribution in [0.25, 0.3) is 0 Å². The molecule has 5 nitrogen and oxygen atoms in total. The van der Waals surface area contributed by atoms with Gasteiger partial charge in [-0.05, 0) is 24.6 Å². The largest absolute Gasteiger partial charge is 0.399 e. The fourth-order valence-corrected chi connectivity index (χ4v) is 2.60. The van der Waals surface area contributed by atoms with E-state index in [2.05, 4.69) is 4.72 Å². The average molecular weight is 258 g/mol. The normalized spacial score (nSPS) is 13.5. The van der Waals surface area contributed by atoms with Gasteiger partial charge in [0.2, 0.25) is 10.0 Å². The van der Waals surface area contributed by atoms with Gasteiger partial charge in [-0.1, -0.05) is 12.1 Å². The number of ether oxygens (including phenoxy) is 1. The molecule has 1 aromatic carbocycles. The molecule has 1 unspecified atom stereocenters. The Morgan fingerprint density at radius 3 is 2.76 bits per heavy atom. The van der Waals surface area contributed by atoms with Gasteiger partial charge in [-0.2, -0.15) is 0 Å². The molecule has 0 amide bonds. The van der Waals surface area contributed by atoms with Crippen molar-refractivity contribution in [2.24, 2.45) is 0 Å². The van der Waals surface area contributed by atoms with Crippen molar-refractivity contribution in [2.45, 2.75) is 13.0 Å². The maximum atomic E-state index is 11.6. The van der Waals surface area contributed by atoms with E-state index in [9.17, 15) is 8.42 Å². The van der Waals surface area contributed by atoms with Crippen LogP contribution in [0.4, 0.5) is 5.69 Å². The molecular formula is C11H18N2O3S. The van der Waals surface area contributed by atoms with Crippen LogP contribution < -0.4 is 10.5 Å². The first-order chi connectivity index (χ1) is 7.94. The van der Waals surface area contributed by atoms with Crippen molar-refractivity contribution >= 4 is 15.7 Å². The summed E-state index contributed by atoms with van der Waals surface area (Å²) in [5.74, 6) is -0.0455. The van der Waals surface area contributed by atoms with E-state index in [0.29, 0.717) is 5.69 Å². The Kier molecular flexibility index (Phi) is 4.92. The first-order valence-corrected chi connectivity index (χ1v) is 6.94. The van der Waals surface area contributed by atoms with E-state index in [4.69, 9.17) is 10.5 Å². The highest BCUT2D eigenvalue weighted by molar-refractivity contribution is 7.89. The zero-order valence-corrected chi connectivity index (χ0v) is 10.8. The minimum Gasteiger partial charge on any atom is -0.399 e. The molecular weight excluding hydrogens is 240 g/mol. The van der Waals surface area contributed by atoms with Crippen molar-refractivity contribution in [1.82, 2.24) is 4.72 Å². The van der Waals surface area contributed by atoms with Gasteiger partial charge in [0.15, 0.2) is 0 Å². The van der Waals surface area contributed by atoms with Gasteiger partial charge in [0.05, 0.1) is 12.4 Å². The Morgan fingerprint density at radius 1 is 1.47 bits per heavy atom. The van der Waals surface area contributed by atoms with E-state index in [1.54, 1.807) is 25.1 Å². The summed E-state index contributed by atoms with van der Waals surface area (Å²) in [7, 11) is -1.85. The molecule has 0 aliphatic heterocycles. The highest BCUT2D eigenvalue weighted by Gasteiger charge is 2.15. The molecule has 0 saturated heterocycles. The third kappa shape index (κ3) is 4.72. The highest BCUT2D eigenvalue weighted by Crippen LogP contribution is 2.16. The minimum atomic E-state index is -3.32. The fourth-order valence-electron chi connectivity index (χ4n) is 1.42. The number of benzene rings is 1. The minimum absolute atomic E-state index is 0.0455. The SMILES string of the molecule is COCCS(=O)(=O)NC(C)c1cccc(N)c1. The third-order valence-corrected chi connectivity index (χ3v) is 3.74. The number of anilines is 1. The second-order valence-corrected chi connectivity index (χ2v) is 5.69. The van der Waals surface area contributed by atoms with Gasteiger partial charge in [-0.15, -0.1) is 0 Å². The zero-order valence-electron chi connectivity index (χ0n) is 10.0. The topological polar surface area (TPSA) is 81.4 Å².